The lowest BCUT2D eigenvalue weighted by molar-refractivity contribution is -0.132. The van der Waals surface area contributed by atoms with E-state index in [4.69, 9.17) is 4.74 Å². The van der Waals surface area contributed by atoms with E-state index in [9.17, 15) is 19.8 Å². The Morgan fingerprint density at radius 3 is 2.65 bits per heavy atom. The van der Waals surface area contributed by atoms with Gasteiger partial charge in [0.05, 0.1) is 24.4 Å². The van der Waals surface area contributed by atoms with Gasteiger partial charge in [0.2, 0.25) is 5.13 Å². The highest BCUT2D eigenvalue weighted by Gasteiger charge is 2.49. The Morgan fingerprint density at radius 1 is 1.15 bits per heavy atom. The lowest BCUT2D eigenvalue weighted by atomic mass is 9.96. The van der Waals surface area contributed by atoms with Gasteiger partial charge < -0.3 is 14.9 Å². The predicted octanol–water partition coefficient (Wildman–Crippen LogP) is 3.14. The highest BCUT2D eigenvalue weighted by atomic mass is 32.1. The van der Waals surface area contributed by atoms with Crippen LogP contribution in [0.4, 0.5) is 5.13 Å². The van der Waals surface area contributed by atoms with Crippen molar-refractivity contribution in [1.82, 2.24) is 19.6 Å². The molecule has 0 bridgehead atoms. The number of carbonyl (C=O) groups excluding carboxylic acids is 2. The van der Waals surface area contributed by atoms with E-state index in [1.807, 2.05) is 6.07 Å². The molecule has 172 valence electrons. The number of aromatic hydroxyl groups is 1. The van der Waals surface area contributed by atoms with Gasteiger partial charge in [-0.15, -0.1) is 10.2 Å². The molecule has 0 radical (unpaired) electrons. The number of rotatable bonds is 4. The summed E-state index contributed by atoms with van der Waals surface area (Å²) in [7, 11) is 1.39. The van der Waals surface area contributed by atoms with Crippen LogP contribution in [0.5, 0.6) is 11.5 Å². The van der Waals surface area contributed by atoms with Gasteiger partial charge in [-0.1, -0.05) is 23.5 Å². The number of Topliss-reactive ketones (excluding diaryl/α,β-unsaturated/α-hetero) is 1. The van der Waals surface area contributed by atoms with Crippen LogP contribution in [0.25, 0.3) is 11.4 Å². The Kier molecular flexibility index (Phi) is 5.05. The summed E-state index contributed by atoms with van der Waals surface area (Å²) in [5.41, 5.74) is 1.69. The van der Waals surface area contributed by atoms with Crippen molar-refractivity contribution in [1.29, 1.82) is 0 Å². The fourth-order valence-electron chi connectivity index (χ4n) is 4.12. The number of ketones is 1. The topological polar surface area (TPSA) is 130 Å². The number of nitrogens with zero attached hydrogens (tertiary/aromatic N) is 5. The Labute approximate surface area is 197 Å². The highest BCUT2D eigenvalue weighted by molar-refractivity contribution is 7.15. The second kappa shape index (κ2) is 7.96. The second-order valence-corrected chi connectivity index (χ2v) is 8.84. The molecular formula is C23H19N5O5S. The number of imidazole rings is 1. The molecule has 10 nitrogen and oxygen atoms in total. The second-order valence-electron chi connectivity index (χ2n) is 7.68. The Bertz CT molecular complexity index is 1500. The van der Waals surface area contributed by atoms with Gasteiger partial charge in [0.25, 0.3) is 5.78 Å². The SMILES string of the molecule is COc1cc(C2/C(=C(\O)c3c(C)nc4ccccn34)C(=O)C(=O)N2c2nnc(C)s2)ccc1O. The van der Waals surface area contributed by atoms with Crippen molar-refractivity contribution < 1.29 is 24.5 Å². The van der Waals surface area contributed by atoms with Crippen LogP contribution in [0.2, 0.25) is 0 Å². The molecule has 4 heterocycles. The third-order valence-corrected chi connectivity index (χ3v) is 6.45. The van der Waals surface area contributed by atoms with Crippen molar-refractivity contribution in [2.75, 3.05) is 12.0 Å². The van der Waals surface area contributed by atoms with E-state index in [0.717, 1.165) is 11.3 Å². The molecule has 1 unspecified atom stereocenters. The van der Waals surface area contributed by atoms with Gasteiger partial charge in [-0.2, -0.15) is 0 Å². The van der Waals surface area contributed by atoms with Crippen molar-refractivity contribution in [3.63, 3.8) is 0 Å². The Hall–Kier alpha value is -4.25. The summed E-state index contributed by atoms with van der Waals surface area (Å²) in [4.78, 5) is 32.2. The maximum absolute atomic E-state index is 13.3. The quantitative estimate of drug-likeness (QED) is 0.260. The monoisotopic (exact) mass is 477 g/mol. The molecule has 0 spiro atoms. The molecule has 1 aromatic carbocycles. The number of hydrogen-bond acceptors (Lipinski definition) is 9. The fraction of sp³-hybridized carbons (Fsp3) is 0.174. The van der Waals surface area contributed by atoms with E-state index in [0.29, 0.717) is 27.6 Å². The summed E-state index contributed by atoms with van der Waals surface area (Å²) < 4.78 is 6.89. The number of phenols is 1. The van der Waals surface area contributed by atoms with Crippen LogP contribution in [0.3, 0.4) is 0 Å². The minimum atomic E-state index is -1.03. The summed E-state index contributed by atoms with van der Waals surface area (Å²) in [6, 6.07) is 8.80. The zero-order chi connectivity index (χ0) is 24.1. The highest BCUT2D eigenvalue weighted by Crippen LogP contribution is 2.44. The number of aromatic nitrogens is 4. The van der Waals surface area contributed by atoms with Crippen molar-refractivity contribution >= 4 is 39.6 Å². The van der Waals surface area contributed by atoms with Crippen LogP contribution in [-0.2, 0) is 9.59 Å². The lowest BCUT2D eigenvalue weighted by Gasteiger charge is -2.23. The molecular weight excluding hydrogens is 458 g/mol. The average Bonchev–Trinajstić information content (AvgIpc) is 3.47. The van der Waals surface area contributed by atoms with Crippen LogP contribution in [0.15, 0.2) is 48.2 Å². The molecule has 0 saturated carbocycles. The van der Waals surface area contributed by atoms with E-state index in [1.165, 1.54) is 24.1 Å². The number of aliphatic hydroxyl groups excluding tert-OH is 1. The number of aliphatic hydroxyl groups is 1. The summed E-state index contributed by atoms with van der Waals surface area (Å²) >= 11 is 1.15. The number of benzene rings is 1. The van der Waals surface area contributed by atoms with E-state index < -0.39 is 17.7 Å². The Morgan fingerprint density at radius 2 is 1.94 bits per heavy atom. The first-order valence-electron chi connectivity index (χ1n) is 10.2. The minimum absolute atomic E-state index is 0.104. The molecule has 1 saturated heterocycles. The summed E-state index contributed by atoms with van der Waals surface area (Å²) in [5, 5.41) is 30.4. The van der Waals surface area contributed by atoms with Crippen molar-refractivity contribution in [3.8, 4) is 11.5 Å². The Balaban J connectivity index is 1.80. The normalized spacial score (nSPS) is 17.6. The first kappa shape index (κ1) is 21.6. The zero-order valence-corrected chi connectivity index (χ0v) is 19.2. The molecule has 4 aromatic rings. The molecule has 1 atom stereocenters. The van der Waals surface area contributed by atoms with Gasteiger partial charge in [-0.25, -0.2) is 4.98 Å². The number of methoxy groups -OCH3 is 1. The molecule has 0 aliphatic carbocycles. The van der Waals surface area contributed by atoms with Gasteiger partial charge in [-0.05, 0) is 43.7 Å². The number of fused-ring (bicyclic) bond motifs is 1. The molecule has 3 aromatic heterocycles. The van der Waals surface area contributed by atoms with Crippen molar-refractivity contribution in [2.45, 2.75) is 19.9 Å². The predicted molar refractivity (Wildman–Crippen MR) is 124 cm³/mol. The standard InChI is InChI=1S/C23H19N5O5S/c1-11-18(27-9-5-4-6-16(27)24-11)20(30)17-19(13-7-8-14(29)15(10-13)33-3)28(22(32)21(17)31)23-26-25-12(2)34-23/h4-10,19,29-30H,1-3H3/b20-17+. The van der Waals surface area contributed by atoms with Crippen LogP contribution < -0.4 is 9.64 Å². The van der Waals surface area contributed by atoms with Crippen LogP contribution in [0.1, 0.15) is 28.0 Å². The first-order chi connectivity index (χ1) is 16.3. The van der Waals surface area contributed by atoms with Gasteiger partial charge in [0, 0.05) is 6.20 Å². The van der Waals surface area contributed by atoms with Gasteiger partial charge in [-0.3, -0.25) is 18.9 Å². The number of phenolic OH excluding ortho intramolecular Hbond substituents is 1. The van der Waals surface area contributed by atoms with Crippen LogP contribution >= 0.6 is 11.3 Å². The molecule has 11 heteroatoms. The number of anilines is 1. The third kappa shape index (κ3) is 3.20. The smallest absolute Gasteiger partial charge is 0.301 e. The van der Waals surface area contributed by atoms with E-state index in [2.05, 4.69) is 15.2 Å². The van der Waals surface area contributed by atoms with Crippen LogP contribution in [0, 0.1) is 13.8 Å². The minimum Gasteiger partial charge on any atom is -0.505 e. The summed E-state index contributed by atoms with van der Waals surface area (Å²) in [6.45, 7) is 3.45. The fourth-order valence-corrected chi connectivity index (χ4v) is 4.83. The van der Waals surface area contributed by atoms with Crippen molar-refractivity contribution in [3.05, 3.63) is 70.1 Å². The zero-order valence-electron chi connectivity index (χ0n) is 18.4. The maximum atomic E-state index is 13.3. The number of pyridine rings is 1. The van der Waals surface area contributed by atoms with Crippen molar-refractivity contribution in [2.24, 2.45) is 0 Å². The number of amides is 1. The maximum Gasteiger partial charge on any atom is 0.301 e. The average molecular weight is 478 g/mol. The third-order valence-electron chi connectivity index (χ3n) is 5.61. The molecule has 34 heavy (non-hydrogen) atoms. The lowest BCUT2D eigenvalue weighted by Crippen LogP contribution is -2.29. The molecule has 1 aliphatic heterocycles. The molecule has 1 amide bonds. The molecule has 5 rings (SSSR count). The first-order valence-corrected chi connectivity index (χ1v) is 11.1. The van der Waals surface area contributed by atoms with Gasteiger partial charge >= 0.3 is 5.91 Å². The summed E-state index contributed by atoms with van der Waals surface area (Å²) in [6.07, 6.45) is 1.72. The van der Waals surface area contributed by atoms with Crippen LogP contribution in [-0.4, -0.2) is 48.6 Å². The summed E-state index contributed by atoms with van der Waals surface area (Å²) in [5.74, 6) is -2.03. The van der Waals surface area contributed by atoms with E-state index in [1.54, 1.807) is 42.6 Å². The van der Waals surface area contributed by atoms with E-state index in [-0.39, 0.29) is 28.0 Å². The largest absolute Gasteiger partial charge is 0.505 e. The van der Waals surface area contributed by atoms with Gasteiger partial charge in [0.1, 0.15) is 16.3 Å². The number of aryl methyl sites for hydroxylation is 2. The molecule has 2 N–H and O–H groups in total. The number of ether oxygens (including phenoxy) is 1. The van der Waals surface area contributed by atoms with E-state index >= 15 is 0 Å². The molecule has 1 fully saturated rings. The number of carbonyl (C=O) groups is 2. The van der Waals surface area contributed by atoms with Gasteiger partial charge in [0.15, 0.2) is 17.3 Å². The number of hydrogen-bond donors (Lipinski definition) is 2. The molecule has 1 aliphatic rings.